The molecule has 0 radical (unpaired) electrons. The van der Waals surface area contributed by atoms with Crippen molar-refractivity contribution in [2.45, 2.75) is 56.2 Å². The van der Waals surface area contributed by atoms with Crippen molar-refractivity contribution in [2.24, 2.45) is 7.05 Å². The first-order valence-corrected chi connectivity index (χ1v) is 10.9. The number of hydrogen-bond donors (Lipinski definition) is 3. The number of nitrogens with zero attached hydrogens (tertiary/aromatic N) is 2. The highest BCUT2D eigenvalue weighted by Gasteiger charge is 2.55. The molecule has 3 saturated carbocycles. The van der Waals surface area contributed by atoms with Crippen molar-refractivity contribution >= 4 is 23.4 Å². The van der Waals surface area contributed by atoms with E-state index in [0.29, 0.717) is 37.8 Å². The molecule has 8 nitrogen and oxygen atoms in total. The predicted molar refractivity (Wildman–Crippen MR) is 115 cm³/mol. The minimum atomic E-state index is -0.810. The minimum Gasteiger partial charge on any atom is -0.484 e. The van der Waals surface area contributed by atoms with Gasteiger partial charge in [-0.25, -0.2) is 4.39 Å². The van der Waals surface area contributed by atoms with E-state index in [9.17, 15) is 19.1 Å². The minimum absolute atomic E-state index is 0.0256. The summed E-state index contributed by atoms with van der Waals surface area (Å²) in [6.45, 7) is 1.52. The quantitative estimate of drug-likeness (QED) is 0.608. The van der Waals surface area contributed by atoms with Gasteiger partial charge in [-0.1, -0.05) is 11.6 Å². The smallest absolute Gasteiger partial charge is 0.269 e. The summed E-state index contributed by atoms with van der Waals surface area (Å²) in [6.07, 6.45) is 1.86. The molecule has 1 aromatic heterocycles. The molecule has 3 fully saturated rings. The van der Waals surface area contributed by atoms with E-state index in [1.807, 2.05) is 6.92 Å². The molecule has 1 aromatic carbocycles. The summed E-state index contributed by atoms with van der Waals surface area (Å²) in [4.78, 5) is 25.3. The van der Waals surface area contributed by atoms with E-state index in [2.05, 4.69) is 15.7 Å². The summed E-state index contributed by atoms with van der Waals surface area (Å²) >= 11 is 5.65. The fourth-order valence-electron chi connectivity index (χ4n) is 4.82. The maximum atomic E-state index is 13.5. The van der Waals surface area contributed by atoms with E-state index in [-0.39, 0.29) is 23.3 Å². The van der Waals surface area contributed by atoms with Crippen LogP contribution in [0.2, 0.25) is 5.02 Å². The second-order valence-corrected chi connectivity index (χ2v) is 9.23. The molecule has 10 heteroatoms. The van der Waals surface area contributed by atoms with Crippen LogP contribution in [-0.4, -0.2) is 50.5 Å². The number of aliphatic hydroxyl groups is 1. The molecule has 1 atom stereocenters. The van der Waals surface area contributed by atoms with E-state index in [4.69, 9.17) is 16.3 Å². The van der Waals surface area contributed by atoms with Crippen molar-refractivity contribution in [3.05, 3.63) is 46.5 Å². The maximum Gasteiger partial charge on any atom is 0.269 e. The average Bonchev–Trinajstić information content (AvgIpc) is 3.08. The van der Waals surface area contributed by atoms with Crippen LogP contribution in [0.25, 0.3) is 0 Å². The molecule has 172 valence electrons. The van der Waals surface area contributed by atoms with Crippen LogP contribution >= 0.6 is 11.6 Å². The largest absolute Gasteiger partial charge is 0.484 e. The summed E-state index contributed by atoms with van der Waals surface area (Å²) < 4.78 is 20.4. The number of aryl methyl sites for hydroxylation is 2. The SMILES string of the molecule is Cc1cc(C(=O)NC23CCC(NC(=O)COc4ccc(Cl)c(F)c4)(CC2)C(O)C3)n(C)n1. The summed E-state index contributed by atoms with van der Waals surface area (Å²) in [6, 6.07) is 5.68. The van der Waals surface area contributed by atoms with E-state index < -0.39 is 28.9 Å². The molecule has 3 aliphatic rings. The number of hydrogen-bond acceptors (Lipinski definition) is 5. The van der Waals surface area contributed by atoms with Crippen molar-refractivity contribution in [1.29, 1.82) is 0 Å². The van der Waals surface area contributed by atoms with E-state index >= 15 is 0 Å². The Labute approximate surface area is 190 Å². The highest BCUT2D eigenvalue weighted by molar-refractivity contribution is 6.30. The zero-order valence-corrected chi connectivity index (χ0v) is 18.7. The Kier molecular flexibility index (Phi) is 5.89. The summed E-state index contributed by atoms with van der Waals surface area (Å²) in [5, 5.41) is 21.1. The zero-order chi connectivity index (χ0) is 23.1. The number of nitrogens with one attached hydrogen (secondary N) is 2. The number of carbonyl (C=O) groups excluding carboxylic acids is 2. The Morgan fingerprint density at radius 1 is 1.28 bits per heavy atom. The molecule has 3 aliphatic carbocycles. The molecule has 0 saturated heterocycles. The molecule has 1 heterocycles. The number of fused-ring (bicyclic) bond motifs is 3. The number of aromatic nitrogens is 2. The molecule has 1 unspecified atom stereocenters. The number of amides is 2. The number of halogens is 2. The van der Waals surface area contributed by atoms with Crippen LogP contribution in [0.15, 0.2) is 24.3 Å². The maximum absolute atomic E-state index is 13.5. The molecule has 0 aliphatic heterocycles. The van der Waals surface area contributed by atoms with E-state index in [1.165, 1.54) is 12.1 Å². The van der Waals surface area contributed by atoms with Gasteiger partial charge in [0.05, 0.1) is 22.4 Å². The standard InChI is InChI=1S/C22H26ClFN4O4/c1-13-9-17(28(2)27-13)20(31)26-21-5-7-22(8-6-21,18(29)11-21)25-19(30)12-32-14-3-4-15(23)16(24)10-14/h3-4,9-10,18,29H,5-8,11-12H2,1-2H3,(H,25,30)(H,26,31). The van der Waals surface area contributed by atoms with Gasteiger partial charge < -0.3 is 20.5 Å². The topological polar surface area (TPSA) is 105 Å². The Balaban J connectivity index is 1.35. The Morgan fingerprint density at radius 3 is 2.59 bits per heavy atom. The van der Waals surface area contributed by atoms with Crippen LogP contribution in [0, 0.1) is 12.7 Å². The Morgan fingerprint density at radius 2 is 2.00 bits per heavy atom. The third kappa shape index (κ3) is 4.31. The fourth-order valence-corrected chi connectivity index (χ4v) is 4.94. The van der Waals surface area contributed by atoms with Gasteiger partial charge >= 0.3 is 0 Å². The summed E-state index contributed by atoms with van der Waals surface area (Å²) in [5.41, 5.74) is -0.0506. The highest BCUT2D eigenvalue weighted by atomic mass is 35.5. The number of aliphatic hydroxyl groups excluding tert-OH is 1. The molecule has 2 aromatic rings. The van der Waals surface area contributed by atoms with Crippen molar-refractivity contribution in [3.8, 4) is 5.75 Å². The van der Waals surface area contributed by atoms with Gasteiger partial charge in [0.2, 0.25) is 0 Å². The van der Waals surface area contributed by atoms with E-state index in [1.54, 1.807) is 17.8 Å². The normalized spacial score (nSPS) is 26.6. The van der Waals surface area contributed by atoms with Gasteiger partial charge in [0.1, 0.15) is 17.3 Å². The Hall–Kier alpha value is -2.65. The molecule has 5 rings (SSSR count). The molecular formula is C22H26ClFN4O4. The highest BCUT2D eigenvalue weighted by Crippen LogP contribution is 2.47. The lowest BCUT2D eigenvalue weighted by atomic mass is 9.60. The molecule has 2 amide bonds. The van der Waals surface area contributed by atoms with Gasteiger partial charge in [-0.2, -0.15) is 5.10 Å². The van der Waals surface area contributed by atoms with Crippen LogP contribution in [0.5, 0.6) is 5.75 Å². The second-order valence-electron chi connectivity index (χ2n) is 8.82. The van der Waals surface area contributed by atoms with Crippen LogP contribution < -0.4 is 15.4 Å². The van der Waals surface area contributed by atoms with Crippen LogP contribution in [0.4, 0.5) is 4.39 Å². The lowest BCUT2D eigenvalue weighted by Gasteiger charge is -2.56. The van der Waals surface area contributed by atoms with Crippen LogP contribution in [0.3, 0.4) is 0 Å². The van der Waals surface area contributed by atoms with Gasteiger partial charge in [0.15, 0.2) is 6.61 Å². The van der Waals surface area contributed by atoms with Gasteiger partial charge in [-0.15, -0.1) is 0 Å². The first-order valence-electron chi connectivity index (χ1n) is 10.5. The summed E-state index contributed by atoms with van der Waals surface area (Å²) in [5.74, 6) is -1.05. The van der Waals surface area contributed by atoms with Gasteiger partial charge in [-0.3, -0.25) is 14.3 Å². The first kappa shape index (κ1) is 22.5. The van der Waals surface area contributed by atoms with Crippen molar-refractivity contribution in [3.63, 3.8) is 0 Å². The van der Waals surface area contributed by atoms with Gasteiger partial charge in [-0.05, 0) is 57.2 Å². The summed E-state index contributed by atoms with van der Waals surface area (Å²) in [7, 11) is 1.72. The Bertz CT molecular complexity index is 1050. The zero-order valence-electron chi connectivity index (χ0n) is 18.0. The number of ether oxygens (including phenoxy) is 1. The van der Waals surface area contributed by atoms with Gasteiger partial charge in [0, 0.05) is 18.7 Å². The third-order valence-corrected chi connectivity index (χ3v) is 6.89. The van der Waals surface area contributed by atoms with Crippen molar-refractivity contribution < 1.29 is 23.8 Å². The lowest BCUT2D eigenvalue weighted by Crippen LogP contribution is -2.70. The van der Waals surface area contributed by atoms with Gasteiger partial charge in [0.25, 0.3) is 11.8 Å². The van der Waals surface area contributed by atoms with Crippen LogP contribution in [-0.2, 0) is 11.8 Å². The first-order chi connectivity index (χ1) is 15.1. The fraction of sp³-hybridized carbons (Fsp3) is 0.500. The van der Waals surface area contributed by atoms with Crippen molar-refractivity contribution in [1.82, 2.24) is 20.4 Å². The molecule has 3 N–H and O–H groups in total. The number of rotatable bonds is 6. The van der Waals surface area contributed by atoms with Crippen molar-refractivity contribution in [2.75, 3.05) is 6.61 Å². The lowest BCUT2D eigenvalue weighted by molar-refractivity contribution is -0.132. The molecular weight excluding hydrogens is 439 g/mol. The average molecular weight is 465 g/mol. The third-order valence-electron chi connectivity index (χ3n) is 6.58. The molecule has 32 heavy (non-hydrogen) atoms. The predicted octanol–water partition coefficient (Wildman–Crippen LogP) is 2.26. The molecule has 0 spiro atoms. The monoisotopic (exact) mass is 464 g/mol. The number of carbonyl (C=O) groups is 2. The second kappa shape index (κ2) is 8.37. The molecule has 2 bridgehead atoms. The van der Waals surface area contributed by atoms with Crippen LogP contribution in [0.1, 0.15) is 48.3 Å². The number of benzene rings is 1. The van der Waals surface area contributed by atoms with E-state index in [0.717, 1.165) is 11.8 Å².